The van der Waals surface area contributed by atoms with Crippen LogP contribution in [0.4, 0.5) is 0 Å². The molecule has 0 aromatic heterocycles. The fraction of sp³-hybridized carbons (Fsp3) is 0.250. The standard InChI is InChI=1S/C20H21ClN2/c1-15(17-9-5-6-10-19(17)21)18-14-23(12-11-20(18)22)13-16-7-3-2-4-8-16/h2-10,22H,11-14H2,1H3/b18-15+,22-20?. The van der Waals surface area contributed by atoms with Crippen molar-refractivity contribution in [3.63, 3.8) is 0 Å². The van der Waals surface area contributed by atoms with E-state index in [0.717, 1.165) is 53.5 Å². The Labute approximate surface area is 142 Å². The van der Waals surface area contributed by atoms with Gasteiger partial charge in [0.05, 0.1) is 0 Å². The van der Waals surface area contributed by atoms with Crippen molar-refractivity contribution in [1.82, 2.24) is 4.90 Å². The van der Waals surface area contributed by atoms with E-state index in [1.165, 1.54) is 5.56 Å². The van der Waals surface area contributed by atoms with Gasteiger partial charge in [-0.25, -0.2) is 0 Å². The topological polar surface area (TPSA) is 27.1 Å². The van der Waals surface area contributed by atoms with Gasteiger partial charge in [-0.2, -0.15) is 0 Å². The number of rotatable bonds is 3. The van der Waals surface area contributed by atoms with E-state index in [1.807, 2.05) is 30.3 Å². The quantitative estimate of drug-likeness (QED) is 0.841. The Kier molecular flexibility index (Phi) is 4.94. The molecule has 118 valence electrons. The third-order valence-corrected chi connectivity index (χ3v) is 4.73. The normalized spacial score (nSPS) is 18.1. The fourth-order valence-corrected chi connectivity index (χ4v) is 3.35. The molecule has 0 bridgehead atoms. The van der Waals surface area contributed by atoms with Crippen molar-refractivity contribution in [3.05, 3.63) is 76.3 Å². The lowest BCUT2D eigenvalue weighted by atomic mass is 9.93. The molecule has 1 N–H and O–H groups in total. The van der Waals surface area contributed by atoms with Crippen LogP contribution < -0.4 is 0 Å². The molecule has 0 atom stereocenters. The zero-order valence-electron chi connectivity index (χ0n) is 13.3. The van der Waals surface area contributed by atoms with Gasteiger partial charge in [-0.3, -0.25) is 4.90 Å². The molecule has 0 aliphatic carbocycles. The summed E-state index contributed by atoms with van der Waals surface area (Å²) in [6, 6.07) is 18.4. The third-order valence-electron chi connectivity index (χ3n) is 4.40. The van der Waals surface area contributed by atoms with Crippen molar-refractivity contribution < 1.29 is 0 Å². The van der Waals surface area contributed by atoms with Gasteiger partial charge in [0.25, 0.3) is 0 Å². The van der Waals surface area contributed by atoms with Crippen molar-refractivity contribution in [2.24, 2.45) is 0 Å². The molecule has 1 aliphatic rings. The Hall–Kier alpha value is -1.90. The average Bonchev–Trinajstić information content (AvgIpc) is 2.57. The van der Waals surface area contributed by atoms with Crippen LogP contribution >= 0.6 is 11.6 Å². The molecule has 1 heterocycles. The number of hydrogen-bond donors (Lipinski definition) is 1. The monoisotopic (exact) mass is 324 g/mol. The molecule has 2 aromatic rings. The second kappa shape index (κ2) is 7.12. The van der Waals surface area contributed by atoms with Crippen molar-refractivity contribution in [2.75, 3.05) is 13.1 Å². The maximum atomic E-state index is 8.34. The molecular formula is C20H21ClN2. The smallest absolute Gasteiger partial charge is 0.0481 e. The molecule has 0 spiro atoms. The van der Waals surface area contributed by atoms with E-state index in [-0.39, 0.29) is 0 Å². The number of piperidine rings is 1. The molecule has 3 heteroatoms. The largest absolute Gasteiger partial charge is 0.305 e. The number of nitrogens with zero attached hydrogens (tertiary/aromatic N) is 1. The molecule has 2 aromatic carbocycles. The number of likely N-dealkylation sites (tertiary alicyclic amines) is 1. The van der Waals surface area contributed by atoms with Crippen LogP contribution in [-0.4, -0.2) is 23.7 Å². The predicted molar refractivity (Wildman–Crippen MR) is 98.1 cm³/mol. The lowest BCUT2D eigenvalue weighted by Gasteiger charge is -2.30. The summed E-state index contributed by atoms with van der Waals surface area (Å²) >= 11 is 6.33. The lowest BCUT2D eigenvalue weighted by Crippen LogP contribution is -2.35. The molecule has 3 rings (SSSR count). The molecular weight excluding hydrogens is 304 g/mol. The number of halogens is 1. The van der Waals surface area contributed by atoms with Crippen molar-refractivity contribution in [3.8, 4) is 0 Å². The fourth-order valence-electron chi connectivity index (χ4n) is 3.07. The summed E-state index contributed by atoms with van der Waals surface area (Å²) in [4.78, 5) is 2.41. The van der Waals surface area contributed by atoms with Gasteiger partial charge in [-0.1, -0.05) is 60.1 Å². The van der Waals surface area contributed by atoms with Crippen LogP contribution in [0.2, 0.25) is 5.02 Å². The molecule has 1 fully saturated rings. The minimum absolute atomic E-state index is 0.742. The first kappa shape index (κ1) is 16.0. The van der Waals surface area contributed by atoms with E-state index in [1.54, 1.807) is 0 Å². The van der Waals surface area contributed by atoms with Gasteiger partial charge in [0, 0.05) is 36.8 Å². The minimum atomic E-state index is 0.742. The maximum absolute atomic E-state index is 8.34. The molecule has 0 saturated carbocycles. The van der Waals surface area contributed by atoms with E-state index in [0.29, 0.717) is 0 Å². The Morgan fingerprint density at radius 3 is 2.52 bits per heavy atom. The zero-order valence-corrected chi connectivity index (χ0v) is 14.1. The number of hydrogen-bond acceptors (Lipinski definition) is 2. The van der Waals surface area contributed by atoms with Gasteiger partial charge in [0.2, 0.25) is 0 Å². The van der Waals surface area contributed by atoms with Gasteiger partial charge in [-0.15, -0.1) is 0 Å². The SMILES string of the molecule is C/C(=C1/CN(Cc2ccccc2)CCC1=N)c1ccccc1Cl. The van der Waals surface area contributed by atoms with Crippen LogP contribution in [0.3, 0.4) is 0 Å². The summed E-state index contributed by atoms with van der Waals surface area (Å²) < 4.78 is 0. The highest BCUT2D eigenvalue weighted by Crippen LogP contribution is 2.29. The first-order valence-corrected chi connectivity index (χ1v) is 8.31. The van der Waals surface area contributed by atoms with Gasteiger partial charge >= 0.3 is 0 Å². The van der Waals surface area contributed by atoms with Crippen molar-refractivity contribution in [2.45, 2.75) is 19.9 Å². The van der Waals surface area contributed by atoms with E-state index in [4.69, 9.17) is 17.0 Å². The zero-order chi connectivity index (χ0) is 16.2. The molecule has 23 heavy (non-hydrogen) atoms. The van der Waals surface area contributed by atoms with Gasteiger partial charge in [0.15, 0.2) is 0 Å². The summed E-state index contributed by atoms with van der Waals surface area (Å²) in [5.41, 5.74) is 5.33. The van der Waals surface area contributed by atoms with Crippen LogP contribution in [0.15, 0.2) is 60.2 Å². The highest BCUT2D eigenvalue weighted by atomic mass is 35.5. The number of allylic oxidation sites excluding steroid dienone is 1. The first-order valence-electron chi connectivity index (χ1n) is 7.94. The molecule has 1 aliphatic heterocycles. The third kappa shape index (κ3) is 3.72. The second-order valence-corrected chi connectivity index (χ2v) is 6.42. The highest BCUT2D eigenvalue weighted by molar-refractivity contribution is 6.32. The molecule has 0 unspecified atom stereocenters. The van der Waals surface area contributed by atoms with Crippen LogP contribution in [0.1, 0.15) is 24.5 Å². The Morgan fingerprint density at radius 1 is 1.09 bits per heavy atom. The van der Waals surface area contributed by atoms with E-state index in [9.17, 15) is 0 Å². The summed E-state index contributed by atoms with van der Waals surface area (Å²) in [5, 5.41) is 9.09. The maximum Gasteiger partial charge on any atom is 0.0481 e. The van der Waals surface area contributed by atoms with Crippen LogP contribution in [0.25, 0.3) is 5.57 Å². The molecule has 1 saturated heterocycles. The molecule has 0 radical (unpaired) electrons. The van der Waals surface area contributed by atoms with Crippen LogP contribution in [0.5, 0.6) is 0 Å². The van der Waals surface area contributed by atoms with E-state index in [2.05, 4.69) is 36.1 Å². The summed E-state index contributed by atoms with van der Waals surface area (Å²) in [7, 11) is 0. The summed E-state index contributed by atoms with van der Waals surface area (Å²) in [6.07, 6.45) is 0.796. The van der Waals surface area contributed by atoms with Gasteiger partial charge < -0.3 is 5.41 Å². The van der Waals surface area contributed by atoms with E-state index < -0.39 is 0 Å². The minimum Gasteiger partial charge on any atom is -0.305 e. The van der Waals surface area contributed by atoms with Crippen molar-refractivity contribution >= 4 is 22.9 Å². The van der Waals surface area contributed by atoms with Crippen LogP contribution in [0, 0.1) is 5.41 Å². The Bertz CT molecular complexity index is 734. The average molecular weight is 325 g/mol. The molecule has 2 nitrogen and oxygen atoms in total. The lowest BCUT2D eigenvalue weighted by molar-refractivity contribution is 0.290. The van der Waals surface area contributed by atoms with E-state index >= 15 is 0 Å². The first-order chi connectivity index (χ1) is 11.1. The number of benzene rings is 2. The highest BCUT2D eigenvalue weighted by Gasteiger charge is 2.21. The summed E-state index contributed by atoms with van der Waals surface area (Å²) in [6.45, 7) is 4.75. The molecule has 0 amide bonds. The summed E-state index contributed by atoms with van der Waals surface area (Å²) in [5.74, 6) is 0. The van der Waals surface area contributed by atoms with Crippen molar-refractivity contribution in [1.29, 1.82) is 5.41 Å². The second-order valence-electron chi connectivity index (χ2n) is 6.01. The predicted octanol–water partition coefficient (Wildman–Crippen LogP) is 5.04. The number of nitrogens with one attached hydrogen (secondary N) is 1. The van der Waals surface area contributed by atoms with Gasteiger partial charge in [-0.05, 0) is 35.3 Å². The van der Waals surface area contributed by atoms with Gasteiger partial charge in [0.1, 0.15) is 0 Å². The Balaban J connectivity index is 1.85. The van der Waals surface area contributed by atoms with Crippen LogP contribution in [-0.2, 0) is 6.54 Å². The Morgan fingerprint density at radius 2 is 1.78 bits per heavy atom.